The molecule has 2 unspecified atom stereocenters. The third kappa shape index (κ3) is 54.3. The molecule has 0 aliphatic rings. The summed E-state index contributed by atoms with van der Waals surface area (Å²) in [7, 11) is -4.53. The van der Waals surface area contributed by atoms with Crippen LogP contribution in [0.4, 0.5) is 0 Å². The number of phosphoric acid groups is 1. The molecule has 0 aromatic heterocycles. The Morgan fingerprint density at radius 2 is 0.671 bits per heavy atom. The fourth-order valence-electron chi connectivity index (χ4n) is 9.21. The van der Waals surface area contributed by atoms with Gasteiger partial charge in [-0.2, -0.15) is 0 Å². The number of ether oxygens (including phenoxy) is 2. The number of carbonyl (C=O) groups is 3. The lowest BCUT2D eigenvalue weighted by molar-refractivity contribution is -0.161. The van der Waals surface area contributed by atoms with Gasteiger partial charge in [-0.1, -0.05) is 290 Å². The normalized spacial score (nSPS) is 12.8. The summed E-state index contributed by atoms with van der Waals surface area (Å²) in [5.74, 6) is -0.951. The molecule has 70 heavy (non-hydrogen) atoms. The summed E-state index contributed by atoms with van der Waals surface area (Å²) < 4.78 is 34.2. The molecular weight excluding hydrogens is 898 g/mol. The van der Waals surface area contributed by atoms with Crippen LogP contribution in [0.1, 0.15) is 329 Å². The molecule has 0 aliphatic carbocycles. The van der Waals surface area contributed by atoms with Crippen LogP contribution in [-0.2, 0) is 37.5 Å². The monoisotopic (exact) mass is 1010 g/mol. The molecule has 2 N–H and O–H groups in total. The summed E-state index contributed by atoms with van der Waals surface area (Å²) in [6.07, 6.45) is 56.0. The highest BCUT2D eigenvalue weighted by atomic mass is 31.2. The summed E-state index contributed by atoms with van der Waals surface area (Å²) >= 11 is 0. The molecule has 0 aliphatic heterocycles. The van der Waals surface area contributed by atoms with Gasteiger partial charge in [-0.05, 0) is 19.3 Å². The molecule has 0 saturated carbocycles. The zero-order valence-electron chi connectivity index (χ0n) is 46.5. The minimum absolute atomic E-state index is 0.0695. The van der Waals surface area contributed by atoms with E-state index in [-0.39, 0.29) is 44.5 Å². The molecule has 0 spiro atoms. The molecule has 416 valence electrons. The van der Waals surface area contributed by atoms with Crippen LogP contribution in [0, 0.1) is 0 Å². The van der Waals surface area contributed by atoms with E-state index in [1.54, 1.807) is 0 Å². The largest absolute Gasteiger partial charge is 0.472 e. The maximum atomic E-state index is 12.9. The highest BCUT2D eigenvalue weighted by Gasteiger charge is 2.26. The first-order chi connectivity index (χ1) is 34.2. The highest BCUT2D eigenvalue weighted by molar-refractivity contribution is 7.47. The zero-order chi connectivity index (χ0) is 51.1. The van der Waals surface area contributed by atoms with Crippen molar-refractivity contribution in [2.45, 2.75) is 335 Å². The summed E-state index contributed by atoms with van der Waals surface area (Å²) in [4.78, 5) is 48.3. The van der Waals surface area contributed by atoms with Crippen LogP contribution in [0.5, 0.6) is 0 Å². The van der Waals surface area contributed by atoms with Gasteiger partial charge in [-0.25, -0.2) is 4.57 Å². The van der Waals surface area contributed by atoms with Gasteiger partial charge in [0.15, 0.2) is 6.10 Å². The Morgan fingerprint density at radius 1 is 0.386 bits per heavy atom. The van der Waals surface area contributed by atoms with E-state index in [4.69, 9.17) is 18.5 Å². The number of amides is 1. The van der Waals surface area contributed by atoms with Crippen LogP contribution in [0.15, 0.2) is 0 Å². The number of hydrogen-bond donors (Lipinski definition) is 2. The van der Waals surface area contributed by atoms with Gasteiger partial charge in [0.2, 0.25) is 5.91 Å². The van der Waals surface area contributed by atoms with E-state index in [1.165, 1.54) is 225 Å². The van der Waals surface area contributed by atoms with Crippen molar-refractivity contribution >= 4 is 25.7 Å². The predicted octanol–water partition coefficient (Wildman–Crippen LogP) is 18.5. The number of hydrogen-bond acceptors (Lipinski definition) is 8. The number of phosphoric ester groups is 1. The standard InChI is InChI=1S/C59H116NO9P/c1-4-7-10-13-16-19-22-25-28-31-34-37-40-43-46-49-57(61)60-52-53-67-70(64,65)68-55-56(69-59(63)51-48-45-42-39-36-33-30-27-24-21-18-15-12-9-6-3)54-66-58(62)50-47-44-41-38-35-32-29-26-23-20-17-14-11-8-5-2/h56H,4-55H2,1-3H3,(H,60,61)(H,64,65). The van der Waals surface area contributed by atoms with Gasteiger partial charge in [0.1, 0.15) is 6.61 Å². The van der Waals surface area contributed by atoms with E-state index in [9.17, 15) is 23.8 Å². The van der Waals surface area contributed by atoms with E-state index in [0.717, 1.165) is 57.8 Å². The van der Waals surface area contributed by atoms with Crippen LogP contribution < -0.4 is 5.32 Å². The summed E-state index contributed by atoms with van der Waals surface area (Å²) in [5, 5.41) is 2.75. The van der Waals surface area contributed by atoms with Crippen LogP contribution in [-0.4, -0.2) is 55.2 Å². The third-order valence-electron chi connectivity index (χ3n) is 13.8. The maximum Gasteiger partial charge on any atom is 0.472 e. The number of unbranched alkanes of at least 4 members (excludes halogenated alkanes) is 42. The fourth-order valence-corrected chi connectivity index (χ4v) is 9.96. The molecule has 0 radical (unpaired) electrons. The van der Waals surface area contributed by atoms with Crippen molar-refractivity contribution in [1.29, 1.82) is 0 Å². The lowest BCUT2D eigenvalue weighted by Crippen LogP contribution is -2.30. The van der Waals surface area contributed by atoms with Crippen LogP contribution in [0.3, 0.4) is 0 Å². The van der Waals surface area contributed by atoms with Crippen LogP contribution in [0.2, 0.25) is 0 Å². The molecule has 0 saturated heterocycles. The van der Waals surface area contributed by atoms with E-state index < -0.39 is 26.5 Å². The molecule has 0 rings (SSSR count). The third-order valence-corrected chi connectivity index (χ3v) is 14.8. The molecule has 10 nitrogen and oxygen atoms in total. The molecule has 0 aromatic rings. The second-order valence-corrected chi connectivity index (χ2v) is 22.3. The highest BCUT2D eigenvalue weighted by Crippen LogP contribution is 2.43. The van der Waals surface area contributed by atoms with Gasteiger partial charge >= 0.3 is 19.8 Å². The average molecular weight is 1010 g/mol. The lowest BCUT2D eigenvalue weighted by atomic mass is 10.0. The van der Waals surface area contributed by atoms with Crippen molar-refractivity contribution in [1.82, 2.24) is 5.32 Å². The number of rotatable bonds is 58. The molecule has 0 heterocycles. The van der Waals surface area contributed by atoms with E-state index >= 15 is 0 Å². The minimum Gasteiger partial charge on any atom is -0.462 e. The lowest BCUT2D eigenvalue weighted by Gasteiger charge is -2.20. The van der Waals surface area contributed by atoms with Crippen molar-refractivity contribution in [2.24, 2.45) is 0 Å². The van der Waals surface area contributed by atoms with Gasteiger partial charge in [0.05, 0.1) is 13.2 Å². The van der Waals surface area contributed by atoms with Gasteiger partial charge in [-0.15, -0.1) is 0 Å². The second-order valence-electron chi connectivity index (χ2n) is 20.8. The molecule has 0 aromatic carbocycles. The Labute approximate surface area is 433 Å². The van der Waals surface area contributed by atoms with E-state index in [1.807, 2.05) is 0 Å². The van der Waals surface area contributed by atoms with Crippen LogP contribution in [0.25, 0.3) is 0 Å². The summed E-state index contributed by atoms with van der Waals surface area (Å²) in [6.45, 7) is 5.92. The molecular formula is C59H116NO9P. The fraction of sp³-hybridized carbons (Fsp3) is 0.949. The van der Waals surface area contributed by atoms with Gasteiger partial charge < -0.3 is 19.7 Å². The van der Waals surface area contributed by atoms with Crippen molar-refractivity contribution in [2.75, 3.05) is 26.4 Å². The van der Waals surface area contributed by atoms with Crippen molar-refractivity contribution in [3.8, 4) is 0 Å². The molecule has 2 atom stereocenters. The Hall–Kier alpha value is -1.48. The number of carbonyl (C=O) groups excluding carboxylic acids is 3. The number of esters is 2. The van der Waals surface area contributed by atoms with Crippen LogP contribution >= 0.6 is 7.82 Å². The molecule has 0 fully saturated rings. The first-order valence-electron chi connectivity index (χ1n) is 30.5. The van der Waals surface area contributed by atoms with Gasteiger partial charge in [0, 0.05) is 25.8 Å². The first-order valence-corrected chi connectivity index (χ1v) is 32.0. The molecule has 0 bridgehead atoms. The van der Waals surface area contributed by atoms with E-state index in [2.05, 4.69) is 26.1 Å². The number of nitrogens with one attached hydrogen (secondary N) is 1. The molecule has 11 heteroatoms. The van der Waals surface area contributed by atoms with Gasteiger partial charge in [-0.3, -0.25) is 23.4 Å². The van der Waals surface area contributed by atoms with Gasteiger partial charge in [0.25, 0.3) is 0 Å². The van der Waals surface area contributed by atoms with Crippen molar-refractivity contribution in [3.05, 3.63) is 0 Å². The van der Waals surface area contributed by atoms with E-state index in [0.29, 0.717) is 12.8 Å². The summed E-state index contributed by atoms with van der Waals surface area (Å²) in [5.41, 5.74) is 0. The average Bonchev–Trinajstić information content (AvgIpc) is 3.34. The summed E-state index contributed by atoms with van der Waals surface area (Å²) in [6, 6.07) is 0. The predicted molar refractivity (Wildman–Crippen MR) is 294 cm³/mol. The Morgan fingerprint density at radius 3 is 1.00 bits per heavy atom. The topological polar surface area (TPSA) is 137 Å². The van der Waals surface area contributed by atoms with Crippen molar-refractivity contribution in [3.63, 3.8) is 0 Å². The quantitative estimate of drug-likeness (QED) is 0.0346. The minimum atomic E-state index is -4.53. The molecule has 1 amide bonds. The maximum absolute atomic E-state index is 12.9. The second kappa shape index (κ2) is 55.3. The van der Waals surface area contributed by atoms with Crippen molar-refractivity contribution < 1.29 is 42.4 Å². The Bertz CT molecular complexity index is 1170. The first kappa shape index (κ1) is 68.5. The Kier molecular flexibility index (Phi) is 54.1. The zero-order valence-corrected chi connectivity index (χ0v) is 47.4. The Balaban J connectivity index is 4.45. The smallest absolute Gasteiger partial charge is 0.462 e. The SMILES string of the molecule is CCCCCCCCCCCCCCCCCC(=O)NCCOP(=O)(O)OCC(COC(=O)CCCCCCCCCCCCCCCCC)OC(=O)CCCCCCCCCCCCCCCCC.